The van der Waals surface area contributed by atoms with Crippen LogP contribution < -0.4 is 5.32 Å². The summed E-state index contributed by atoms with van der Waals surface area (Å²) in [6.07, 6.45) is 9.94. The van der Waals surface area contributed by atoms with Crippen LogP contribution in [0.5, 0.6) is 0 Å². The quantitative estimate of drug-likeness (QED) is 0.840. The van der Waals surface area contributed by atoms with Gasteiger partial charge in [-0.1, -0.05) is 0 Å². The SMILES string of the molecule is c1ccc2[se]c(CNC3CCCCCCC3)cc2c1. The molecule has 0 atom stereocenters. The maximum absolute atomic E-state index is 3.81. The Morgan fingerprint density at radius 3 is 2.53 bits per heavy atom. The third-order valence-electron chi connectivity index (χ3n) is 4.15. The molecular weight excluding hydrogens is 297 g/mol. The van der Waals surface area contributed by atoms with Crippen LogP contribution in [0.25, 0.3) is 9.65 Å². The summed E-state index contributed by atoms with van der Waals surface area (Å²) >= 11 is 0.561. The van der Waals surface area contributed by atoms with Gasteiger partial charge in [0.15, 0.2) is 0 Å². The molecule has 0 saturated heterocycles. The van der Waals surface area contributed by atoms with Gasteiger partial charge in [0.25, 0.3) is 0 Å². The van der Waals surface area contributed by atoms with Crippen molar-refractivity contribution < 1.29 is 0 Å². The molecule has 0 bridgehead atoms. The summed E-state index contributed by atoms with van der Waals surface area (Å²) in [4.78, 5) is 0. The van der Waals surface area contributed by atoms with Crippen LogP contribution in [-0.2, 0) is 6.54 Å². The molecule has 2 heteroatoms. The van der Waals surface area contributed by atoms with E-state index in [2.05, 4.69) is 35.6 Å². The van der Waals surface area contributed by atoms with E-state index in [0.717, 1.165) is 12.6 Å². The van der Waals surface area contributed by atoms with Gasteiger partial charge in [0, 0.05) is 0 Å². The molecule has 3 rings (SSSR count). The van der Waals surface area contributed by atoms with Gasteiger partial charge >= 0.3 is 122 Å². The monoisotopic (exact) mass is 321 g/mol. The van der Waals surface area contributed by atoms with Crippen LogP contribution in [-0.4, -0.2) is 20.5 Å². The summed E-state index contributed by atoms with van der Waals surface area (Å²) in [6.45, 7) is 1.11. The summed E-state index contributed by atoms with van der Waals surface area (Å²) in [7, 11) is 0. The van der Waals surface area contributed by atoms with E-state index in [1.807, 2.05) is 0 Å². The van der Waals surface area contributed by atoms with E-state index in [9.17, 15) is 0 Å². The van der Waals surface area contributed by atoms with E-state index in [-0.39, 0.29) is 0 Å². The standard InChI is InChI=1S/C17H23NSe/c1-2-4-9-15(10-5-3-1)18-13-16-12-14-8-6-7-11-17(14)19-16/h6-8,11-12,15,18H,1-5,9-10,13H2. The summed E-state index contributed by atoms with van der Waals surface area (Å²) in [6, 6.07) is 12.0. The summed E-state index contributed by atoms with van der Waals surface area (Å²) in [5.41, 5.74) is 0. The second-order valence-corrected chi connectivity index (χ2v) is 8.12. The minimum absolute atomic E-state index is 0.561. The molecule has 0 aliphatic heterocycles. The van der Waals surface area contributed by atoms with Crippen molar-refractivity contribution in [2.45, 2.75) is 57.5 Å². The molecular formula is C17H23NSe. The number of benzene rings is 1. The Labute approximate surface area is 122 Å². The number of nitrogens with one attached hydrogen (secondary N) is 1. The van der Waals surface area contributed by atoms with Crippen LogP contribution in [0.3, 0.4) is 0 Å². The molecule has 1 aliphatic carbocycles. The van der Waals surface area contributed by atoms with Gasteiger partial charge in [-0.25, -0.2) is 0 Å². The molecule has 1 N–H and O–H groups in total. The van der Waals surface area contributed by atoms with Crippen LogP contribution in [0, 0.1) is 0 Å². The maximum atomic E-state index is 3.81. The average Bonchev–Trinajstić information content (AvgIpc) is 2.80. The molecule has 1 aromatic carbocycles. The van der Waals surface area contributed by atoms with Gasteiger partial charge in [0.2, 0.25) is 0 Å². The second kappa shape index (κ2) is 6.74. The van der Waals surface area contributed by atoms with E-state index in [4.69, 9.17) is 0 Å². The zero-order chi connectivity index (χ0) is 12.9. The fraction of sp³-hybridized carbons (Fsp3) is 0.529. The predicted molar refractivity (Wildman–Crippen MR) is 83.8 cm³/mol. The van der Waals surface area contributed by atoms with Crippen molar-refractivity contribution in [3.05, 3.63) is 34.8 Å². The first-order valence-corrected chi connectivity index (χ1v) is 9.34. The van der Waals surface area contributed by atoms with Crippen molar-refractivity contribution in [2.75, 3.05) is 0 Å². The molecule has 0 amide bonds. The van der Waals surface area contributed by atoms with Crippen molar-refractivity contribution >= 4 is 24.1 Å². The van der Waals surface area contributed by atoms with Gasteiger partial charge in [0.1, 0.15) is 0 Å². The molecule has 0 spiro atoms. The zero-order valence-corrected chi connectivity index (χ0v) is 13.2. The molecule has 1 aliphatic rings. The van der Waals surface area contributed by atoms with E-state index in [1.165, 1.54) is 50.3 Å². The van der Waals surface area contributed by atoms with E-state index < -0.39 is 0 Å². The van der Waals surface area contributed by atoms with Gasteiger partial charge in [-0.2, -0.15) is 0 Å². The minimum atomic E-state index is 0.561. The van der Waals surface area contributed by atoms with Crippen LogP contribution >= 0.6 is 0 Å². The normalized spacial score (nSPS) is 18.3. The van der Waals surface area contributed by atoms with Gasteiger partial charge in [-0.3, -0.25) is 0 Å². The Morgan fingerprint density at radius 2 is 1.74 bits per heavy atom. The molecule has 1 saturated carbocycles. The summed E-state index contributed by atoms with van der Waals surface area (Å²) in [5.74, 6) is 0. The van der Waals surface area contributed by atoms with E-state index >= 15 is 0 Å². The number of rotatable bonds is 3. The molecule has 1 heterocycles. The van der Waals surface area contributed by atoms with Crippen molar-refractivity contribution in [3.8, 4) is 0 Å². The predicted octanol–water partition coefficient (Wildman–Crippen LogP) is 4.10. The first-order valence-electron chi connectivity index (χ1n) is 7.63. The molecule has 0 radical (unpaired) electrons. The fourth-order valence-corrected chi connectivity index (χ4v) is 5.16. The third-order valence-corrected chi connectivity index (χ3v) is 6.49. The van der Waals surface area contributed by atoms with Crippen LogP contribution in [0.4, 0.5) is 0 Å². The molecule has 102 valence electrons. The topological polar surface area (TPSA) is 12.0 Å². The molecule has 1 fully saturated rings. The van der Waals surface area contributed by atoms with Gasteiger partial charge in [0.05, 0.1) is 0 Å². The first kappa shape index (κ1) is 13.4. The van der Waals surface area contributed by atoms with Crippen LogP contribution in [0.2, 0.25) is 0 Å². The van der Waals surface area contributed by atoms with Crippen molar-refractivity contribution in [1.82, 2.24) is 5.32 Å². The Bertz CT molecular complexity index is 476. The Kier molecular flexibility index (Phi) is 4.76. The van der Waals surface area contributed by atoms with E-state index in [0.29, 0.717) is 14.5 Å². The molecule has 19 heavy (non-hydrogen) atoms. The average molecular weight is 320 g/mol. The summed E-state index contributed by atoms with van der Waals surface area (Å²) < 4.78 is 3.18. The molecule has 1 aromatic heterocycles. The van der Waals surface area contributed by atoms with Crippen LogP contribution in [0.15, 0.2) is 30.3 Å². The van der Waals surface area contributed by atoms with Crippen molar-refractivity contribution in [1.29, 1.82) is 0 Å². The van der Waals surface area contributed by atoms with Gasteiger partial charge in [-0.15, -0.1) is 0 Å². The van der Waals surface area contributed by atoms with Crippen molar-refractivity contribution in [3.63, 3.8) is 0 Å². The van der Waals surface area contributed by atoms with Gasteiger partial charge < -0.3 is 0 Å². The fourth-order valence-electron chi connectivity index (χ4n) is 3.03. The Morgan fingerprint density at radius 1 is 1.00 bits per heavy atom. The zero-order valence-electron chi connectivity index (χ0n) is 11.5. The number of fused-ring (bicyclic) bond motifs is 1. The molecule has 0 unspecified atom stereocenters. The first-order chi connectivity index (χ1) is 9.42. The molecule has 1 nitrogen and oxygen atoms in total. The van der Waals surface area contributed by atoms with Gasteiger partial charge in [-0.05, 0) is 0 Å². The Hall–Kier alpha value is -0.561. The number of hydrogen-bond donors (Lipinski definition) is 1. The Balaban J connectivity index is 1.58. The number of hydrogen-bond acceptors (Lipinski definition) is 1. The second-order valence-electron chi connectivity index (χ2n) is 5.67. The van der Waals surface area contributed by atoms with Crippen molar-refractivity contribution in [2.24, 2.45) is 0 Å². The third kappa shape index (κ3) is 3.72. The van der Waals surface area contributed by atoms with E-state index in [1.54, 1.807) is 8.70 Å². The molecule has 2 aromatic rings. The summed E-state index contributed by atoms with van der Waals surface area (Å²) in [5, 5.41) is 5.27. The van der Waals surface area contributed by atoms with Crippen LogP contribution in [0.1, 0.15) is 49.4 Å².